The smallest absolute Gasteiger partial charge is 0.280 e. The van der Waals surface area contributed by atoms with E-state index < -0.39 is 6.10 Å². The van der Waals surface area contributed by atoms with Crippen LogP contribution < -0.4 is 21.1 Å². The molecule has 2 rings (SSSR count). The molecule has 4 N–H and O–H groups in total. The van der Waals surface area contributed by atoms with E-state index in [4.69, 9.17) is 20.7 Å². The maximum Gasteiger partial charge on any atom is 0.280 e. The van der Waals surface area contributed by atoms with Crippen LogP contribution in [0.4, 0.5) is 17.5 Å². The second kappa shape index (κ2) is 9.36. The Hall–Kier alpha value is -1.37. The van der Waals surface area contributed by atoms with E-state index in [1.54, 1.807) is 11.9 Å². The molecule has 0 saturated heterocycles. The Morgan fingerprint density at radius 2 is 2.00 bits per heavy atom. The van der Waals surface area contributed by atoms with E-state index in [0.717, 1.165) is 5.57 Å². The average Bonchev–Trinajstić information content (AvgIpc) is 2.89. The van der Waals surface area contributed by atoms with E-state index in [-0.39, 0.29) is 55.4 Å². The Bertz CT molecular complexity index is 671. The molecule has 0 unspecified atom stereocenters. The van der Waals surface area contributed by atoms with Crippen molar-refractivity contribution in [3.63, 3.8) is 0 Å². The molecule has 0 spiro atoms. The van der Waals surface area contributed by atoms with Crippen molar-refractivity contribution in [1.29, 1.82) is 0 Å². The number of fused-ring (bicyclic) bond motifs is 1. The van der Waals surface area contributed by atoms with Gasteiger partial charge in [0, 0.05) is 13.6 Å². The fourth-order valence-electron chi connectivity index (χ4n) is 2.34. The van der Waals surface area contributed by atoms with Crippen molar-refractivity contribution in [1.82, 2.24) is 9.55 Å². The quantitative estimate of drug-likeness (QED) is 0.375. The molecule has 0 radical (unpaired) electrons. The van der Waals surface area contributed by atoms with Gasteiger partial charge in [-0.1, -0.05) is 11.6 Å². The summed E-state index contributed by atoms with van der Waals surface area (Å²) in [5.41, 5.74) is 7.20. The SMILES string of the molecule is CC(C)=CCN1CN(COC(CO)CO)c2nc(N)n(C)c(=O)c21.I. The molecule has 0 atom stereocenters. The third-order valence-electron chi connectivity index (χ3n) is 3.83. The van der Waals surface area contributed by atoms with Crippen molar-refractivity contribution in [2.75, 3.05) is 48.7 Å². The van der Waals surface area contributed by atoms with Crippen LogP contribution in [0.5, 0.6) is 0 Å². The second-order valence-corrected chi connectivity index (χ2v) is 5.97. The number of nitrogen functional groups attached to an aromatic ring is 1. The first-order chi connectivity index (χ1) is 11.4. The Balaban J connectivity index is 0.00000312. The molecule has 0 aliphatic carbocycles. The molecular formula is C15H26IN5O4. The topological polar surface area (TPSA) is 117 Å². The number of halogens is 1. The first kappa shape index (κ1) is 21.7. The molecule has 0 fully saturated rings. The fraction of sp³-hybridized carbons (Fsp3) is 0.600. The zero-order valence-corrected chi connectivity index (χ0v) is 17.0. The predicted octanol–water partition coefficient (Wildman–Crippen LogP) is -0.142. The zero-order chi connectivity index (χ0) is 17.9. The molecule has 1 aliphatic rings. The van der Waals surface area contributed by atoms with Gasteiger partial charge in [0.2, 0.25) is 5.95 Å². The highest BCUT2D eigenvalue weighted by Crippen LogP contribution is 2.31. The van der Waals surface area contributed by atoms with Gasteiger partial charge in [-0.05, 0) is 13.8 Å². The third-order valence-corrected chi connectivity index (χ3v) is 3.83. The predicted molar refractivity (Wildman–Crippen MR) is 107 cm³/mol. The molecule has 10 heteroatoms. The summed E-state index contributed by atoms with van der Waals surface area (Å²) >= 11 is 0. The van der Waals surface area contributed by atoms with Gasteiger partial charge in [0.15, 0.2) is 5.82 Å². The highest BCUT2D eigenvalue weighted by Gasteiger charge is 2.31. The molecule has 0 aromatic carbocycles. The molecule has 1 aromatic heterocycles. The van der Waals surface area contributed by atoms with Crippen molar-refractivity contribution in [2.24, 2.45) is 7.05 Å². The average molecular weight is 467 g/mol. The number of nitrogens with two attached hydrogens (primary N) is 1. The number of ether oxygens (including phenoxy) is 1. The lowest BCUT2D eigenvalue weighted by Crippen LogP contribution is -2.36. The molecular weight excluding hydrogens is 441 g/mol. The number of aromatic nitrogens is 2. The van der Waals surface area contributed by atoms with Gasteiger partial charge >= 0.3 is 0 Å². The number of allylic oxidation sites excluding steroid dienone is 1. The van der Waals surface area contributed by atoms with Gasteiger partial charge in [0.1, 0.15) is 18.5 Å². The van der Waals surface area contributed by atoms with Gasteiger partial charge in [0.25, 0.3) is 5.56 Å². The van der Waals surface area contributed by atoms with Gasteiger partial charge in [-0.25, -0.2) is 0 Å². The van der Waals surface area contributed by atoms with Crippen LogP contribution in [0.1, 0.15) is 13.8 Å². The number of rotatable bonds is 7. The van der Waals surface area contributed by atoms with Crippen molar-refractivity contribution in [2.45, 2.75) is 20.0 Å². The Morgan fingerprint density at radius 1 is 1.36 bits per heavy atom. The van der Waals surface area contributed by atoms with Crippen LogP contribution in [-0.2, 0) is 11.8 Å². The van der Waals surface area contributed by atoms with Gasteiger partial charge in [-0.3, -0.25) is 9.36 Å². The molecule has 1 aromatic rings. The maximum absolute atomic E-state index is 12.6. The summed E-state index contributed by atoms with van der Waals surface area (Å²) < 4.78 is 6.77. The normalized spacial score (nSPS) is 13.0. The first-order valence-corrected chi connectivity index (χ1v) is 7.72. The van der Waals surface area contributed by atoms with Gasteiger partial charge < -0.3 is 30.5 Å². The summed E-state index contributed by atoms with van der Waals surface area (Å²) in [5.74, 6) is 0.570. The van der Waals surface area contributed by atoms with E-state index in [1.165, 1.54) is 4.57 Å². The lowest BCUT2D eigenvalue weighted by Gasteiger charge is -2.22. The molecule has 2 heterocycles. The summed E-state index contributed by atoms with van der Waals surface area (Å²) in [6.45, 7) is 4.47. The summed E-state index contributed by atoms with van der Waals surface area (Å²) in [5, 5.41) is 18.2. The van der Waals surface area contributed by atoms with Crippen LogP contribution in [0.3, 0.4) is 0 Å². The van der Waals surface area contributed by atoms with E-state index in [9.17, 15) is 4.79 Å². The van der Waals surface area contributed by atoms with Crippen molar-refractivity contribution < 1.29 is 14.9 Å². The van der Waals surface area contributed by atoms with Gasteiger partial charge in [-0.15, -0.1) is 24.0 Å². The minimum absolute atomic E-state index is 0. The number of nitrogens with zero attached hydrogens (tertiary/aromatic N) is 4. The minimum Gasteiger partial charge on any atom is -0.394 e. The molecule has 1 aliphatic heterocycles. The highest BCUT2D eigenvalue weighted by atomic mass is 127. The largest absolute Gasteiger partial charge is 0.394 e. The number of hydrogen-bond donors (Lipinski definition) is 3. The number of aliphatic hydroxyl groups excluding tert-OH is 2. The van der Waals surface area contributed by atoms with Gasteiger partial charge in [0.05, 0.1) is 19.9 Å². The van der Waals surface area contributed by atoms with E-state index in [1.807, 2.05) is 24.8 Å². The molecule has 142 valence electrons. The number of hydrogen-bond acceptors (Lipinski definition) is 8. The van der Waals surface area contributed by atoms with Crippen LogP contribution in [0.2, 0.25) is 0 Å². The third kappa shape index (κ3) is 4.84. The summed E-state index contributed by atoms with van der Waals surface area (Å²) in [6.07, 6.45) is 1.35. The lowest BCUT2D eigenvalue weighted by molar-refractivity contribution is -0.0188. The molecule has 0 amide bonds. The van der Waals surface area contributed by atoms with Crippen LogP contribution in [0.25, 0.3) is 0 Å². The van der Waals surface area contributed by atoms with Crippen molar-refractivity contribution in [3.8, 4) is 0 Å². The monoisotopic (exact) mass is 467 g/mol. The standard InChI is InChI=1S/C15H25N5O4.HI/c1-10(2)4-5-19-8-20(9-24-11(6-21)7-22)13-12(19)14(23)18(3)15(16)17-13;/h4,11,21-22H,5-9H2,1-3H3,(H2,16,17);1H. The van der Waals surface area contributed by atoms with Crippen LogP contribution in [0.15, 0.2) is 16.4 Å². The molecule has 9 nitrogen and oxygen atoms in total. The van der Waals surface area contributed by atoms with E-state index >= 15 is 0 Å². The van der Waals surface area contributed by atoms with Gasteiger partial charge in [-0.2, -0.15) is 4.98 Å². The number of aliphatic hydroxyl groups is 2. The van der Waals surface area contributed by atoms with Crippen LogP contribution in [-0.4, -0.2) is 59.0 Å². The summed E-state index contributed by atoms with van der Waals surface area (Å²) in [6, 6.07) is 0. The fourth-order valence-corrected chi connectivity index (χ4v) is 2.34. The van der Waals surface area contributed by atoms with E-state index in [0.29, 0.717) is 24.7 Å². The summed E-state index contributed by atoms with van der Waals surface area (Å²) in [4.78, 5) is 20.5. The highest BCUT2D eigenvalue weighted by molar-refractivity contribution is 14.0. The molecule has 0 bridgehead atoms. The Labute approximate surface area is 163 Å². The van der Waals surface area contributed by atoms with E-state index in [2.05, 4.69) is 4.98 Å². The van der Waals surface area contributed by atoms with Crippen LogP contribution in [0, 0.1) is 0 Å². The Morgan fingerprint density at radius 3 is 2.56 bits per heavy atom. The maximum atomic E-state index is 12.6. The lowest BCUT2D eigenvalue weighted by atomic mass is 10.3. The minimum atomic E-state index is -0.677. The second-order valence-electron chi connectivity index (χ2n) is 5.97. The summed E-state index contributed by atoms with van der Waals surface area (Å²) in [7, 11) is 1.58. The number of anilines is 3. The van der Waals surface area contributed by atoms with Crippen molar-refractivity contribution >= 4 is 41.4 Å². The molecule has 0 saturated carbocycles. The van der Waals surface area contributed by atoms with Crippen LogP contribution >= 0.6 is 24.0 Å². The zero-order valence-electron chi connectivity index (χ0n) is 14.7. The van der Waals surface area contributed by atoms with Crippen molar-refractivity contribution in [3.05, 3.63) is 22.0 Å². The molecule has 25 heavy (non-hydrogen) atoms. The first-order valence-electron chi connectivity index (χ1n) is 7.72. The Kier molecular flexibility index (Phi) is 8.12.